The molecule has 2 heterocycles. The largest absolute Gasteiger partial charge is 0.482 e. The number of nitrogens with zero attached hydrogens (tertiary/aromatic N) is 1. The summed E-state index contributed by atoms with van der Waals surface area (Å²) < 4.78 is 5.29. The van der Waals surface area contributed by atoms with Crippen LogP contribution in [0.25, 0.3) is 0 Å². The predicted octanol–water partition coefficient (Wildman–Crippen LogP) is 3.43. The number of amides is 1. The summed E-state index contributed by atoms with van der Waals surface area (Å²) in [6, 6.07) is 8.49. The number of halogens is 1. The summed E-state index contributed by atoms with van der Waals surface area (Å²) >= 11 is 7.37. The molecular formula is C16H13ClN2O3S. The first kappa shape index (κ1) is 15.8. The lowest BCUT2D eigenvalue weighted by Crippen LogP contribution is -2.25. The van der Waals surface area contributed by atoms with Crippen LogP contribution in [0.1, 0.15) is 17.3 Å². The molecule has 0 saturated heterocycles. The molecule has 1 atom stereocenters. The van der Waals surface area contributed by atoms with Crippen molar-refractivity contribution in [2.75, 3.05) is 11.9 Å². The van der Waals surface area contributed by atoms with E-state index in [1.54, 1.807) is 43.5 Å². The number of Topliss-reactive ketones (excluding diaryl/α,β-unsaturated/α-hetero) is 1. The lowest BCUT2D eigenvalue weighted by Gasteiger charge is -2.19. The SMILES string of the molecule is CC(Sc1ncccc1Cl)C(=O)c1ccc2c(c1)NC(=O)CO2. The first-order valence-corrected chi connectivity index (χ1v) is 8.18. The molecule has 0 spiro atoms. The number of hydrogen-bond donors (Lipinski definition) is 1. The number of benzene rings is 1. The molecule has 1 aromatic heterocycles. The highest BCUT2D eigenvalue weighted by atomic mass is 35.5. The van der Waals surface area contributed by atoms with E-state index in [4.69, 9.17) is 16.3 Å². The van der Waals surface area contributed by atoms with Crippen molar-refractivity contribution in [3.63, 3.8) is 0 Å². The van der Waals surface area contributed by atoms with E-state index in [1.165, 1.54) is 11.8 Å². The molecule has 23 heavy (non-hydrogen) atoms. The van der Waals surface area contributed by atoms with Crippen molar-refractivity contribution < 1.29 is 14.3 Å². The summed E-state index contributed by atoms with van der Waals surface area (Å²) in [6.07, 6.45) is 1.64. The Morgan fingerprint density at radius 2 is 2.26 bits per heavy atom. The third-order valence-electron chi connectivity index (χ3n) is 3.28. The van der Waals surface area contributed by atoms with Crippen LogP contribution in [0.15, 0.2) is 41.6 Å². The van der Waals surface area contributed by atoms with Crippen LogP contribution in [0.3, 0.4) is 0 Å². The first-order valence-electron chi connectivity index (χ1n) is 6.92. The quantitative estimate of drug-likeness (QED) is 0.677. The number of ketones is 1. The van der Waals surface area contributed by atoms with Gasteiger partial charge in [0, 0.05) is 11.8 Å². The minimum absolute atomic E-state index is 0.00920. The minimum Gasteiger partial charge on any atom is -0.482 e. The van der Waals surface area contributed by atoms with E-state index in [1.807, 2.05) is 0 Å². The van der Waals surface area contributed by atoms with E-state index in [0.29, 0.717) is 27.0 Å². The summed E-state index contributed by atoms with van der Waals surface area (Å²) in [5.74, 6) is 0.262. The van der Waals surface area contributed by atoms with Gasteiger partial charge in [0.05, 0.1) is 16.0 Å². The minimum atomic E-state index is -0.360. The number of anilines is 1. The maximum Gasteiger partial charge on any atom is 0.262 e. The molecule has 0 bridgehead atoms. The van der Waals surface area contributed by atoms with E-state index >= 15 is 0 Å². The molecule has 1 N–H and O–H groups in total. The van der Waals surface area contributed by atoms with E-state index in [2.05, 4.69) is 10.3 Å². The van der Waals surface area contributed by atoms with E-state index < -0.39 is 0 Å². The van der Waals surface area contributed by atoms with Crippen molar-refractivity contribution in [3.8, 4) is 5.75 Å². The van der Waals surface area contributed by atoms with Crippen molar-refractivity contribution in [2.24, 2.45) is 0 Å². The lowest BCUT2D eigenvalue weighted by atomic mass is 10.1. The van der Waals surface area contributed by atoms with Gasteiger partial charge in [-0.05, 0) is 37.3 Å². The van der Waals surface area contributed by atoms with Gasteiger partial charge in [-0.25, -0.2) is 4.98 Å². The van der Waals surface area contributed by atoms with Crippen LogP contribution < -0.4 is 10.1 Å². The monoisotopic (exact) mass is 348 g/mol. The van der Waals surface area contributed by atoms with Crippen LogP contribution in [0.5, 0.6) is 5.75 Å². The number of ether oxygens (including phenoxy) is 1. The second kappa shape index (κ2) is 6.60. The third kappa shape index (κ3) is 3.48. The Labute approximate surface area is 142 Å². The zero-order valence-corrected chi connectivity index (χ0v) is 13.8. The van der Waals surface area contributed by atoms with Gasteiger partial charge in [-0.15, -0.1) is 0 Å². The maximum atomic E-state index is 12.6. The molecule has 1 unspecified atom stereocenters. The van der Waals surface area contributed by atoms with Crippen molar-refractivity contribution in [1.82, 2.24) is 4.98 Å². The Balaban J connectivity index is 1.79. The van der Waals surface area contributed by atoms with Crippen molar-refractivity contribution in [3.05, 3.63) is 47.1 Å². The molecule has 0 fully saturated rings. The van der Waals surface area contributed by atoms with Gasteiger partial charge >= 0.3 is 0 Å². The molecule has 3 rings (SSSR count). The second-order valence-corrected chi connectivity index (χ2v) is 6.70. The number of pyridine rings is 1. The fourth-order valence-corrected chi connectivity index (χ4v) is 3.29. The first-order chi connectivity index (χ1) is 11.0. The van der Waals surface area contributed by atoms with Gasteiger partial charge < -0.3 is 10.1 Å². The van der Waals surface area contributed by atoms with Crippen LogP contribution in [0.4, 0.5) is 5.69 Å². The van der Waals surface area contributed by atoms with Gasteiger partial charge in [0.15, 0.2) is 12.4 Å². The van der Waals surface area contributed by atoms with E-state index in [0.717, 1.165) is 0 Å². The Bertz CT molecular complexity index is 782. The van der Waals surface area contributed by atoms with E-state index in [-0.39, 0.29) is 23.5 Å². The molecule has 0 saturated carbocycles. The Hall–Kier alpha value is -2.05. The molecule has 7 heteroatoms. The number of aromatic nitrogens is 1. The van der Waals surface area contributed by atoms with Crippen molar-refractivity contribution >= 4 is 40.7 Å². The molecular weight excluding hydrogens is 336 g/mol. The number of hydrogen-bond acceptors (Lipinski definition) is 5. The van der Waals surface area contributed by atoms with Crippen LogP contribution in [0, 0.1) is 0 Å². The highest BCUT2D eigenvalue weighted by molar-refractivity contribution is 8.00. The summed E-state index contributed by atoms with van der Waals surface area (Å²) in [5, 5.41) is 3.47. The third-order valence-corrected chi connectivity index (χ3v) is 4.81. The normalized spacial score (nSPS) is 14.4. The molecule has 1 aliphatic heterocycles. The van der Waals surface area contributed by atoms with Crippen LogP contribution >= 0.6 is 23.4 Å². The van der Waals surface area contributed by atoms with Gasteiger partial charge in [0.25, 0.3) is 5.91 Å². The number of nitrogens with one attached hydrogen (secondary N) is 1. The Morgan fingerprint density at radius 1 is 1.43 bits per heavy atom. The summed E-state index contributed by atoms with van der Waals surface area (Å²) in [6.45, 7) is 1.79. The molecule has 118 valence electrons. The highest BCUT2D eigenvalue weighted by Gasteiger charge is 2.22. The average Bonchev–Trinajstić information content (AvgIpc) is 2.55. The zero-order valence-electron chi connectivity index (χ0n) is 12.2. The second-order valence-electron chi connectivity index (χ2n) is 4.96. The van der Waals surface area contributed by atoms with E-state index in [9.17, 15) is 9.59 Å². The highest BCUT2D eigenvalue weighted by Crippen LogP contribution is 2.32. The summed E-state index contributed by atoms with van der Waals surface area (Å²) in [7, 11) is 0. The summed E-state index contributed by atoms with van der Waals surface area (Å²) in [4.78, 5) is 28.1. The molecule has 2 aromatic rings. The Kier molecular flexibility index (Phi) is 4.54. The smallest absolute Gasteiger partial charge is 0.262 e. The number of thioether (sulfide) groups is 1. The van der Waals surface area contributed by atoms with Crippen molar-refractivity contribution in [1.29, 1.82) is 0 Å². The maximum absolute atomic E-state index is 12.6. The predicted molar refractivity (Wildman–Crippen MR) is 89.5 cm³/mol. The molecule has 5 nitrogen and oxygen atoms in total. The molecule has 1 aromatic carbocycles. The number of rotatable bonds is 4. The fourth-order valence-electron chi connectivity index (χ4n) is 2.15. The van der Waals surface area contributed by atoms with Gasteiger partial charge in [0.2, 0.25) is 0 Å². The molecule has 1 amide bonds. The van der Waals surface area contributed by atoms with Crippen LogP contribution in [-0.2, 0) is 4.79 Å². The van der Waals surface area contributed by atoms with Crippen LogP contribution in [-0.4, -0.2) is 28.5 Å². The standard InChI is InChI=1S/C16H13ClN2O3S/c1-9(23-16-11(17)3-2-6-18-16)15(21)10-4-5-13-12(7-10)19-14(20)8-22-13/h2-7,9H,8H2,1H3,(H,19,20). The van der Waals surface area contributed by atoms with Gasteiger partial charge in [0.1, 0.15) is 10.8 Å². The van der Waals surface area contributed by atoms with Crippen molar-refractivity contribution in [2.45, 2.75) is 17.2 Å². The zero-order chi connectivity index (χ0) is 16.4. The van der Waals surface area contributed by atoms with Gasteiger partial charge in [-0.1, -0.05) is 23.4 Å². The molecule has 0 radical (unpaired) electrons. The number of carbonyl (C=O) groups is 2. The van der Waals surface area contributed by atoms with Crippen LogP contribution in [0.2, 0.25) is 5.02 Å². The van der Waals surface area contributed by atoms with Gasteiger partial charge in [-0.2, -0.15) is 0 Å². The average molecular weight is 349 g/mol. The molecule has 0 aliphatic carbocycles. The fraction of sp³-hybridized carbons (Fsp3) is 0.188. The summed E-state index contributed by atoms with van der Waals surface area (Å²) in [5.41, 5.74) is 1.02. The Morgan fingerprint density at radius 3 is 3.04 bits per heavy atom. The van der Waals surface area contributed by atoms with Gasteiger partial charge in [-0.3, -0.25) is 9.59 Å². The topological polar surface area (TPSA) is 68.3 Å². The number of carbonyl (C=O) groups excluding carboxylic acids is 2. The molecule has 1 aliphatic rings. The lowest BCUT2D eigenvalue weighted by molar-refractivity contribution is -0.118. The number of fused-ring (bicyclic) bond motifs is 1.